The number of nitrogens with zero attached hydrogens (tertiary/aromatic N) is 1. The van der Waals surface area contributed by atoms with E-state index in [1.54, 1.807) is 0 Å². The van der Waals surface area contributed by atoms with Crippen molar-refractivity contribution >= 4 is 17.8 Å². The quantitative estimate of drug-likeness (QED) is 0.377. The van der Waals surface area contributed by atoms with Gasteiger partial charge in [-0.25, -0.2) is 0 Å². The number of ether oxygens (including phenoxy) is 1. The van der Waals surface area contributed by atoms with Gasteiger partial charge in [-0.05, 0) is 24.8 Å². The average molecular weight is 372 g/mol. The maximum absolute atomic E-state index is 12.0. The molecule has 3 aliphatic rings. The fraction of sp³-hybridized carbons (Fsp3) is 0.450. The lowest BCUT2D eigenvalue weighted by molar-refractivity contribution is -0.143. The van der Waals surface area contributed by atoms with Crippen molar-refractivity contribution in [1.82, 2.24) is 10.2 Å². The zero-order valence-corrected chi connectivity index (χ0v) is 15.1. The van der Waals surface area contributed by atoms with Crippen LogP contribution in [-0.2, 0) is 19.1 Å². The fourth-order valence-corrected chi connectivity index (χ4v) is 3.32. The highest BCUT2D eigenvalue weighted by atomic mass is 16.5. The molecule has 0 bridgehead atoms. The largest absolute Gasteiger partial charge is 0.461 e. The standard InChI is InChI=1S/C20H24N2O5/c23-16-8-7-14(15-5-4-11-21-20(15)16)13-27-19(26)6-2-1-3-12-22-17(24)9-10-18(22)25/h4-5,7,9-10,16,21,23H,1-3,6,8,11-13H2. The van der Waals surface area contributed by atoms with Gasteiger partial charge >= 0.3 is 5.97 Å². The van der Waals surface area contributed by atoms with E-state index in [2.05, 4.69) is 5.32 Å². The molecule has 7 nitrogen and oxygen atoms in total. The van der Waals surface area contributed by atoms with Crippen LogP contribution in [-0.4, -0.2) is 53.6 Å². The Balaban J connectivity index is 1.34. The molecule has 7 heteroatoms. The Bertz CT molecular complexity index is 729. The first-order valence-electron chi connectivity index (χ1n) is 9.27. The molecule has 0 aromatic carbocycles. The third-order valence-corrected chi connectivity index (χ3v) is 4.80. The molecule has 2 amide bonds. The first-order valence-corrected chi connectivity index (χ1v) is 9.27. The lowest BCUT2D eigenvalue weighted by Gasteiger charge is -2.27. The normalized spacial score (nSPS) is 21.3. The van der Waals surface area contributed by atoms with Gasteiger partial charge in [0.05, 0.1) is 6.10 Å². The zero-order chi connectivity index (χ0) is 19.2. The molecule has 1 aliphatic carbocycles. The summed E-state index contributed by atoms with van der Waals surface area (Å²) in [7, 11) is 0. The van der Waals surface area contributed by atoms with Crippen LogP contribution in [0, 0.1) is 0 Å². The maximum Gasteiger partial charge on any atom is 0.306 e. The van der Waals surface area contributed by atoms with E-state index in [0.717, 1.165) is 23.3 Å². The lowest BCUT2D eigenvalue weighted by atomic mass is 9.91. The molecule has 3 rings (SSSR count). The number of carbonyl (C=O) groups is 3. The molecule has 2 N–H and O–H groups in total. The third kappa shape index (κ3) is 4.74. The first-order chi connectivity index (χ1) is 13.1. The Hall–Kier alpha value is -2.67. The summed E-state index contributed by atoms with van der Waals surface area (Å²) >= 11 is 0. The number of nitrogens with one attached hydrogen (secondary N) is 1. The van der Waals surface area contributed by atoms with Crippen LogP contribution < -0.4 is 5.32 Å². The number of hydrogen-bond donors (Lipinski definition) is 2. The molecule has 1 unspecified atom stereocenters. The smallest absolute Gasteiger partial charge is 0.306 e. The lowest BCUT2D eigenvalue weighted by Crippen LogP contribution is -2.31. The van der Waals surface area contributed by atoms with Gasteiger partial charge in [0.25, 0.3) is 11.8 Å². The van der Waals surface area contributed by atoms with Crippen molar-refractivity contribution in [2.75, 3.05) is 19.7 Å². The summed E-state index contributed by atoms with van der Waals surface area (Å²) in [6, 6.07) is 0. The van der Waals surface area contributed by atoms with Crippen LogP contribution in [0.2, 0.25) is 0 Å². The predicted molar refractivity (Wildman–Crippen MR) is 98.2 cm³/mol. The summed E-state index contributed by atoms with van der Waals surface area (Å²) in [5.41, 5.74) is 2.61. The van der Waals surface area contributed by atoms with Crippen LogP contribution in [0.15, 0.2) is 47.2 Å². The van der Waals surface area contributed by atoms with E-state index >= 15 is 0 Å². The number of imide groups is 1. The maximum atomic E-state index is 12.0. The second-order valence-electron chi connectivity index (χ2n) is 6.72. The van der Waals surface area contributed by atoms with Crippen molar-refractivity contribution in [2.45, 2.75) is 38.2 Å². The van der Waals surface area contributed by atoms with E-state index in [0.29, 0.717) is 38.8 Å². The van der Waals surface area contributed by atoms with E-state index in [9.17, 15) is 19.5 Å². The molecule has 0 aromatic rings. The molecule has 0 spiro atoms. The molecule has 0 fully saturated rings. The monoisotopic (exact) mass is 372 g/mol. The van der Waals surface area contributed by atoms with E-state index < -0.39 is 6.10 Å². The minimum atomic E-state index is -0.533. The van der Waals surface area contributed by atoms with Crippen molar-refractivity contribution in [3.8, 4) is 0 Å². The number of carbonyl (C=O) groups excluding carboxylic acids is 3. The van der Waals surface area contributed by atoms with Crippen LogP contribution in [0.25, 0.3) is 0 Å². The van der Waals surface area contributed by atoms with Crippen LogP contribution in [0.3, 0.4) is 0 Å². The highest BCUT2D eigenvalue weighted by molar-refractivity contribution is 6.12. The second-order valence-corrected chi connectivity index (χ2v) is 6.72. The van der Waals surface area contributed by atoms with Gasteiger partial charge in [0, 0.05) is 42.9 Å². The van der Waals surface area contributed by atoms with Crippen LogP contribution in [0.5, 0.6) is 0 Å². The summed E-state index contributed by atoms with van der Waals surface area (Å²) < 4.78 is 5.37. The second kappa shape index (κ2) is 8.81. The van der Waals surface area contributed by atoms with Crippen molar-refractivity contribution in [1.29, 1.82) is 0 Å². The van der Waals surface area contributed by atoms with Crippen LogP contribution in [0.1, 0.15) is 32.1 Å². The minimum Gasteiger partial charge on any atom is -0.461 e. The molecule has 0 saturated heterocycles. The van der Waals surface area contributed by atoms with Gasteiger partial charge in [-0.1, -0.05) is 24.6 Å². The number of rotatable bonds is 8. The Morgan fingerprint density at radius 2 is 1.96 bits per heavy atom. The van der Waals surface area contributed by atoms with Crippen molar-refractivity contribution in [2.24, 2.45) is 0 Å². The molecule has 0 saturated carbocycles. The Morgan fingerprint density at radius 3 is 2.74 bits per heavy atom. The fourth-order valence-electron chi connectivity index (χ4n) is 3.32. The molecule has 27 heavy (non-hydrogen) atoms. The Morgan fingerprint density at radius 1 is 1.19 bits per heavy atom. The van der Waals surface area contributed by atoms with Crippen molar-refractivity contribution in [3.05, 3.63) is 47.2 Å². The molecule has 0 radical (unpaired) electrons. The summed E-state index contributed by atoms with van der Waals surface area (Å²) in [6.07, 6.45) is 10.7. The minimum absolute atomic E-state index is 0.193. The number of amides is 2. The van der Waals surface area contributed by atoms with Gasteiger partial charge in [-0.3, -0.25) is 19.3 Å². The molecule has 2 heterocycles. The Kier molecular flexibility index (Phi) is 6.24. The number of allylic oxidation sites excluding steroid dienone is 1. The Labute approximate surface area is 158 Å². The van der Waals surface area contributed by atoms with E-state index in [-0.39, 0.29) is 24.4 Å². The highest BCUT2D eigenvalue weighted by Crippen LogP contribution is 2.27. The van der Waals surface area contributed by atoms with Crippen LogP contribution >= 0.6 is 0 Å². The third-order valence-electron chi connectivity index (χ3n) is 4.80. The summed E-state index contributed by atoms with van der Waals surface area (Å²) in [5.74, 6) is -0.817. The summed E-state index contributed by atoms with van der Waals surface area (Å²) in [6.45, 7) is 1.26. The first kappa shape index (κ1) is 19.1. The molecular formula is C20H24N2O5. The summed E-state index contributed by atoms with van der Waals surface area (Å²) in [4.78, 5) is 36.0. The van der Waals surface area contributed by atoms with E-state index in [4.69, 9.17) is 4.74 Å². The average Bonchev–Trinajstić information content (AvgIpc) is 2.99. The molecular weight excluding hydrogens is 348 g/mol. The van der Waals surface area contributed by atoms with Gasteiger partial charge in [0.2, 0.25) is 0 Å². The predicted octanol–water partition coefficient (Wildman–Crippen LogP) is 1.12. The number of aliphatic hydroxyl groups excluding tert-OH is 1. The van der Waals surface area contributed by atoms with Crippen LogP contribution in [0.4, 0.5) is 0 Å². The van der Waals surface area contributed by atoms with Crippen molar-refractivity contribution < 1.29 is 24.2 Å². The van der Waals surface area contributed by atoms with Gasteiger partial charge in [0.15, 0.2) is 0 Å². The topological polar surface area (TPSA) is 95.9 Å². The molecule has 144 valence electrons. The highest BCUT2D eigenvalue weighted by Gasteiger charge is 2.24. The summed E-state index contributed by atoms with van der Waals surface area (Å²) in [5, 5.41) is 13.2. The van der Waals surface area contributed by atoms with E-state index in [1.807, 2.05) is 18.2 Å². The molecule has 0 aromatic heterocycles. The number of hydrogen-bond acceptors (Lipinski definition) is 6. The number of aliphatic hydroxyl groups is 1. The van der Waals surface area contributed by atoms with Gasteiger partial charge < -0.3 is 15.2 Å². The number of unbranched alkanes of at least 4 members (excludes halogenated alkanes) is 2. The van der Waals surface area contributed by atoms with E-state index in [1.165, 1.54) is 17.1 Å². The van der Waals surface area contributed by atoms with Gasteiger partial charge in [-0.2, -0.15) is 0 Å². The number of esters is 1. The van der Waals surface area contributed by atoms with Gasteiger partial charge in [-0.15, -0.1) is 0 Å². The SMILES string of the molecule is O=C(CCCCCN1C(=O)C=CC1=O)OCC1=CCC(O)C2=C1C=CCN2. The molecule has 1 atom stereocenters. The van der Waals surface area contributed by atoms with Gasteiger partial charge in [0.1, 0.15) is 6.61 Å². The van der Waals surface area contributed by atoms with Crippen molar-refractivity contribution in [3.63, 3.8) is 0 Å². The molecule has 2 aliphatic heterocycles. The number of dihydropyridines is 1. The zero-order valence-electron chi connectivity index (χ0n) is 15.1.